The Kier molecular flexibility index (Phi) is 8.25. The third kappa shape index (κ3) is 6.91. The topological polar surface area (TPSA) is 0 Å². The highest BCUT2D eigenvalue weighted by atomic mass is 14.0. The van der Waals surface area contributed by atoms with Gasteiger partial charge >= 0.3 is 0 Å². The van der Waals surface area contributed by atoms with E-state index in [1.54, 1.807) is 0 Å². The summed E-state index contributed by atoms with van der Waals surface area (Å²) in [5.74, 6) is 0. The molecule has 0 N–H and O–H groups in total. The summed E-state index contributed by atoms with van der Waals surface area (Å²) in [6.45, 7) is 11.5. The van der Waals surface area contributed by atoms with Gasteiger partial charge in [0.25, 0.3) is 0 Å². The minimum atomic E-state index is 1.12. The molecule has 0 saturated carbocycles. The van der Waals surface area contributed by atoms with Gasteiger partial charge in [-0.15, -0.1) is 0 Å². The summed E-state index contributed by atoms with van der Waals surface area (Å²) in [5.41, 5.74) is 10.3. The molecule has 4 aromatic carbocycles. The molecular weight excluding hydrogens is 432 g/mol. The van der Waals surface area contributed by atoms with Gasteiger partial charge in [-0.25, -0.2) is 0 Å². The number of rotatable bonds is 9. The highest BCUT2D eigenvalue weighted by Crippen LogP contribution is 2.19. The van der Waals surface area contributed by atoms with Crippen LogP contribution in [-0.4, -0.2) is 0 Å². The minimum absolute atomic E-state index is 1.12. The van der Waals surface area contributed by atoms with Crippen molar-refractivity contribution in [3.63, 3.8) is 0 Å². The van der Waals surface area contributed by atoms with Gasteiger partial charge in [-0.3, -0.25) is 0 Å². The average Bonchev–Trinajstić information content (AvgIpc) is 2.94. The van der Waals surface area contributed by atoms with Crippen molar-refractivity contribution in [1.82, 2.24) is 0 Å². The van der Waals surface area contributed by atoms with E-state index in [2.05, 4.69) is 147 Å². The van der Waals surface area contributed by atoms with E-state index >= 15 is 0 Å². The SMILES string of the molecule is C=Cc1ccc(/C=C/c2cc(/C=C/c3ccc(C=C)cc3)cc(/C=C/c3ccc(C=C)cc3)c2)cc1. The molecule has 0 aliphatic carbocycles. The quantitative estimate of drug-likeness (QED) is 0.217. The first-order chi connectivity index (χ1) is 17.6. The molecule has 0 aromatic heterocycles. The second-order valence-electron chi connectivity index (χ2n) is 8.55. The summed E-state index contributed by atoms with van der Waals surface area (Å²) in [6, 6.07) is 31.7. The Morgan fingerprint density at radius 3 is 0.694 bits per heavy atom. The van der Waals surface area contributed by atoms with Crippen molar-refractivity contribution in [3.05, 3.63) is 161 Å². The zero-order valence-electron chi connectivity index (χ0n) is 20.5. The maximum absolute atomic E-state index is 3.83. The Hall–Kier alpha value is -4.68. The van der Waals surface area contributed by atoms with E-state index in [9.17, 15) is 0 Å². The first-order valence-electron chi connectivity index (χ1n) is 12.0. The molecule has 0 heterocycles. The van der Waals surface area contributed by atoms with Crippen LogP contribution >= 0.6 is 0 Å². The lowest BCUT2D eigenvalue weighted by atomic mass is 10.0. The Labute approximate surface area is 215 Å². The molecule has 0 bridgehead atoms. The zero-order valence-corrected chi connectivity index (χ0v) is 20.5. The van der Waals surface area contributed by atoms with E-state index in [1.165, 1.54) is 0 Å². The molecular formula is C36H30. The molecule has 0 atom stereocenters. The molecule has 4 rings (SSSR count). The Bertz CT molecular complexity index is 1230. The first-order valence-corrected chi connectivity index (χ1v) is 12.0. The van der Waals surface area contributed by atoms with Crippen molar-refractivity contribution >= 4 is 54.7 Å². The summed E-state index contributed by atoms with van der Waals surface area (Å²) in [5, 5.41) is 0. The standard InChI is InChI=1S/C36H30/c1-4-28-7-13-31(14-8-28)19-22-34-25-35(23-20-32-15-9-29(5-2)10-16-32)27-36(26-34)24-21-33-17-11-30(6-3)12-18-33/h4-27H,1-3H2/b22-19+,23-20+,24-21+. The maximum Gasteiger partial charge on any atom is -0.0245 e. The van der Waals surface area contributed by atoms with Gasteiger partial charge in [0, 0.05) is 0 Å². The highest BCUT2D eigenvalue weighted by Gasteiger charge is 1.98. The van der Waals surface area contributed by atoms with Crippen LogP contribution in [0.1, 0.15) is 50.1 Å². The molecule has 0 amide bonds. The van der Waals surface area contributed by atoms with Crippen molar-refractivity contribution < 1.29 is 0 Å². The van der Waals surface area contributed by atoms with Gasteiger partial charge in [-0.2, -0.15) is 0 Å². The Balaban J connectivity index is 1.63. The van der Waals surface area contributed by atoms with Crippen LogP contribution < -0.4 is 0 Å². The molecule has 0 fully saturated rings. The van der Waals surface area contributed by atoms with Gasteiger partial charge in [0.05, 0.1) is 0 Å². The number of benzene rings is 4. The zero-order chi connectivity index (χ0) is 25.2. The Morgan fingerprint density at radius 2 is 0.472 bits per heavy atom. The third-order valence-corrected chi connectivity index (χ3v) is 5.92. The summed E-state index contributed by atoms with van der Waals surface area (Å²) >= 11 is 0. The number of hydrogen-bond donors (Lipinski definition) is 0. The molecule has 4 aromatic rings. The predicted octanol–water partition coefficient (Wildman–Crippen LogP) is 10.1. The van der Waals surface area contributed by atoms with Gasteiger partial charge < -0.3 is 0 Å². The van der Waals surface area contributed by atoms with Crippen molar-refractivity contribution in [2.75, 3.05) is 0 Å². The van der Waals surface area contributed by atoms with Crippen LogP contribution in [-0.2, 0) is 0 Å². The van der Waals surface area contributed by atoms with E-state index in [4.69, 9.17) is 0 Å². The molecule has 0 aliphatic rings. The molecule has 174 valence electrons. The number of hydrogen-bond acceptors (Lipinski definition) is 0. The van der Waals surface area contributed by atoms with E-state index < -0.39 is 0 Å². The van der Waals surface area contributed by atoms with Crippen LogP contribution in [0.2, 0.25) is 0 Å². The van der Waals surface area contributed by atoms with Crippen molar-refractivity contribution in [2.24, 2.45) is 0 Å². The third-order valence-electron chi connectivity index (χ3n) is 5.92. The summed E-state index contributed by atoms with van der Waals surface area (Å²) in [7, 11) is 0. The molecule has 36 heavy (non-hydrogen) atoms. The lowest BCUT2D eigenvalue weighted by Gasteiger charge is -2.04. The lowest BCUT2D eigenvalue weighted by molar-refractivity contribution is 1.58. The van der Waals surface area contributed by atoms with Crippen molar-refractivity contribution in [1.29, 1.82) is 0 Å². The minimum Gasteiger partial charge on any atom is -0.0985 e. The van der Waals surface area contributed by atoms with E-state index in [0.29, 0.717) is 0 Å². The van der Waals surface area contributed by atoms with Gasteiger partial charge in [0.1, 0.15) is 0 Å². The van der Waals surface area contributed by atoms with Crippen LogP contribution in [0.15, 0.2) is 111 Å². The van der Waals surface area contributed by atoms with E-state index in [0.717, 1.165) is 50.1 Å². The van der Waals surface area contributed by atoms with Crippen molar-refractivity contribution in [3.8, 4) is 0 Å². The van der Waals surface area contributed by atoms with Crippen LogP contribution in [0.25, 0.3) is 54.7 Å². The highest BCUT2D eigenvalue weighted by molar-refractivity contribution is 5.79. The molecule has 0 heteroatoms. The van der Waals surface area contributed by atoms with Crippen LogP contribution in [0.3, 0.4) is 0 Å². The van der Waals surface area contributed by atoms with Crippen LogP contribution in [0.5, 0.6) is 0 Å². The summed E-state index contributed by atoms with van der Waals surface area (Å²) in [4.78, 5) is 0. The van der Waals surface area contributed by atoms with Gasteiger partial charge in [0.2, 0.25) is 0 Å². The molecule has 0 nitrogen and oxygen atoms in total. The van der Waals surface area contributed by atoms with E-state index in [1.807, 2.05) is 18.2 Å². The maximum atomic E-state index is 3.83. The van der Waals surface area contributed by atoms with Gasteiger partial charge in [-0.1, -0.05) is 147 Å². The molecule has 0 spiro atoms. The largest absolute Gasteiger partial charge is 0.0985 e. The predicted molar refractivity (Wildman–Crippen MR) is 163 cm³/mol. The van der Waals surface area contributed by atoms with Gasteiger partial charge in [-0.05, 0) is 68.3 Å². The van der Waals surface area contributed by atoms with Crippen LogP contribution in [0, 0.1) is 0 Å². The molecule has 0 unspecified atom stereocenters. The normalized spacial score (nSPS) is 11.3. The van der Waals surface area contributed by atoms with Gasteiger partial charge in [0.15, 0.2) is 0 Å². The summed E-state index contributed by atoms with van der Waals surface area (Å²) in [6.07, 6.45) is 18.5. The average molecular weight is 463 g/mol. The Morgan fingerprint density at radius 1 is 0.278 bits per heavy atom. The lowest BCUT2D eigenvalue weighted by Crippen LogP contribution is -1.82. The molecule has 0 saturated heterocycles. The second kappa shape index (κ2) is 12.1. The van der Waals surface area contributed by atoms with Crippen molar-refractivity contribution in [2.45, 2.75) is 0 Å². The fraction of sp³-hybridized carbons (Fsp3) is 0. The fourth-order valence-corrected chi connectivity index (χ4v) is 3.80. The summed E-state index contributed by atoms with van der Waals surface area (Å²) < 4.78 is 0. The van der Waals surface area contributed by atoms with Crippen LogP contribution in [0.4, 0.5) is 0 Å². The monoisotopic (exact) mass is 462 g/mol. The second-order valence-corrected chi connectivity index (χ2v) is 8.55. The molecule has 0 aliphatic heterocycles. The first kappa shape index (κ1) is 24.4. The molecule has 0 radical (unpaired) electrons. The van der Waals surface area contributed by atoms with E-state index in [-0.39, 0.29) is 0 Å². The fourth-order valence-electron chi connectivity index (χ4n) is 3.80. The smallest absolute Gasteiger partial charge is 0.0245 e.